The van der Waals surface area contributed by atoms with Crippen molar-refractivity contribution in [2.24, 2.45) is 7.05 Å². The van der Waals surface area contributed by atoms with E-state index in [4.69, 9.17) is 0 Å². The fourth-order valence-corrected chi connectivity index (χ4v) is 3.15. The van der Waals surface area contributed by atoms with E-state index in [1.807, 2.05) is 12.1 Å². The molecular formula is C19H13BrF3NO. The van der Waals surface area contributed by atoms with E-state index in [2.05, 4.69) is 15.9 Å². The van der Waals surface area contributed by atoms with E-state index in [0.717, 1.165) is 16.6 Å². The molecule has 1 aromatic heterocycles. The molecule has 0 bridgehead atoms. The molecule has 2 nitrogen and oxygen atoms in total. The van der Waals surface area contributed by atoms with Crippen molar-refractivity contribution in [2.45, 2.75) is 6.18 Å². The van der Waals surface area contributed by atoms with Crippen molar-refractivity contribution in [3.05, 3.63) is 81.2 Å². The normalized spacial score (nSPS) is 11.6. The molecular weight excluding hydrogens is 395 g/mol. The van der Waals surface area contributed by atoms with E-state index in [1.165, 1.54) is 18.3 Å². The third-order valence-electron chi connectivity index (χ3n) is 3.82. The third-order valence-corrected chi connectivity index (χ3v) is 4.51. The Hall–Kier alpha value is -2.34. The molecule has 0 unspecified atom stereocenters. The molecule has 0 radical (unpaired) electrons. The summed E-state index contributed by atoms with van der Waals surface area (Å²) in [6.07, 6.45) is -1.25. The van der Waals surface area contributed by atoms with Gasteiger partial charge in [0.05, 0.1) is 5.56 Å². The van der Waals surface area contributed by atoms with E-state index >= 15 is 0 Å². The molecule has 1 heterocycles. The number of pyridine rings is 1. The van der Waals surface area contributed by atoms with Crippen LogP contribution in [-0.2, 0) is 13.2 Å². The number of hydrogen-bond donors (Lipinski definition) is 0. The monoisotopic (exact) mass is 407 g/mol. The van der Waals surface area contributed by atoms with Gasteiger partial charge in [-0.25, -0.2) is 0 Å². The Balaban J connectivity index is 2.23. The van der Waals surface area contributed by atoms with E-state index < -0.39 is 11.7 Å². The molecule has 0 aliphatic carbocycles. The molecule has 0 spiro atoms. The smallest absolute Gasteiger partial charge is 0.356 e. The van der Waals surface area contributed by atoms with E-state index in [1.54, 1.807) is 29.9 Å². The summed E-state index contributed by atoms with van der Waals surface area (Å²) < 4.78 is 41.3. The highest BCUT2D eigenvalue weighted by Crippen LogP contribution is 2.32. The summed E-state index contributed by atoms with van der Waals surface area (Å²) in [6.45, 7) is 0. The second-order valence-electron chi connectivity index (χ2n) is 5.64. The molecule has 0 saturated heterocycles. The first-order valence-corrected chi connectivity index (χ1v) is 8.19. The van der Waals surface area contributed by atoms with Crippen LogP contribution in [0, 0.1) is 0 Å². The molecule has 0 saturated carbocycles. The summed E-state index contributed by atoms with van der Waals surface area (Å²) in [6, 6.07) is 12.0. The van der Waals surface area contributed by atoms with Crippen molar-refractivity contribution in [3.63, 3.8) is 0 Å². The van der Waals surface area contributed by atoms with Crippen molar-refractivity contribution in [2.75, 3.05) is 0 Å². The summed E-state index contributed by atoms with van der Waals surface area (Å²) in [5, 5.41) is 0. The van der Waals surface area contributed by atoms with Crippen LogP contribution in [0.2, 0.25) is 0 Å². The lowest BCUT2D eigenvalue weighted by molar-refractivity contribution is -0.137. The molecule has 128 valence electrons. The van der Waals surface area contributed by atoms with Crippen LogP contribution in [0.1, 0.15) is 5.56 Å². The standard InChI is InChI=1S/C19H13BrF3NO/c1-24-10-15(12-5-4-6-13(9-12)19(21,22)23)18(25)16(11-24)14-7-2-3-8-17(14)20/h2-11H,1H3. The molecule has 3 aromatic rings. The summed E-state index contributed by atoms with van der Waals surface area (Å²) in [7, 11) is 1.73. The number of aryl methyl sites for hydroxylation is 1. The van der Waals surface area contributed by atoms with Crippen LogP contribution in [0.4, 0.5) is 13.2 Å². The van der Waals surface area contributed by atoms with Gasteiger partial charge in [0.25, 0.3) is 0 Å². The molecule has 25 heavy (non-hydrogen) atoms. The Kier molecular flexibility index (Phi) is 4.56. The number of alkyl halides is 3. The number of aromatic nitrogens is 1. The maximum atomic E-state index is 13.0. The highest BCUT2D eigenvalue weighted by Gasteiger charge is 2.30. The predicted molar refractivity (Wildman–Crippen MR) is 95.3 cm³/mol. The average Bonchev–Trinajstić information content (AvgIpc) is 2.57. The van der Waals surface area contributed by atoms with Crippen LogP contribution in [0.15, 0.2) is 70.2 Å². The zero-order valence-electron chi connectivity index (χ0n) is 13.1. The minimum Gasteiger partial charge on any atom is -0.356 e. The SMILES string of the molecule is Cn1cc(-c2cccc(C(F)(F)F)c2)c(=O)c(-c2ccccc2Br)c1. The van der Waals surface area contributed by atoms with E-state index in [-0.39, 0.29) is 16.6 Å². The van der Waals surface area contributed by atoms with Crippen molar-refractivity contribution in [1.29, 1.82) is 0 Å². The van der Waals surface area contributed by atoms with Gasteiger partial charge in [-0.05, 0) is 23.8 Å². The molecule has 2 aromatic carbocycles. The van der Waals surface area contributed by atoms with Crippen LogP contribution in [0.25, 0.3) is 22.3 Å². The number of rotatable bonds is 2. The lowest BCUT2D eigenvalue weighted by Gasteiger charge is -2.12. The largest absolute Gasteiger partial charge is 0.416 e. The second kappa shape index (κ2) is 6.52. The average molecular weight is 408 g/mol. The fraction of sp³-hybridized carbons (Fsp3) is 0.105. The van der Waals surface area contributed by atoms with Crippen LogP contribution in [0.3, 0.4) is 0 Å². The van der Waals surface area contributed by atoms with Crippen LogP contribution >= 0.6 is 15.9 Å². The minimum absolute atomic E-state index is 0.224. The molecule has 0 N–H and O–H groups in total. The van der Waals surface area contributed by atoms with Gasteiger partial charge in [-0.15, -0.1) is 0 Å². The molecule has 0 amide bonds. The first kappa shape index (κ1) is 17.5. The highest BCUT2D eigenvalue weighted by molar-refractivity contribution is 9.10. The van der Waals surface area contributed by atoms with E-state index in [9.17, 15) is 18.0 Å². The van der Waals surface area contributed by atoms with Crippen molar-refractivity contribution >= 4 is 15.9 Å². The van der Waals surface area contributed by atoms with Crippen LogP contribution in [-0.4, -0.2) is 4.57 Å². The van der Waals surface area contributed by atoms with Crippen molar-refractivity contribution in [3.8, 4) is 22.3 Å². The molecule has 0 fully saturated rings. The molecule has 0 aliphatic rings. The zero-order chi connectivity index (χ0) is 18.2. The quantitative estimate of drug-likeness (QED) is 0.549. The zero-order valence-corrected chi connectivity index (χ0v) is 14.7. The van der Waals surface area contributed by atoms with Crippen molar-refractivity contribution in [1.82, 2.24) is 4.57 Å². The number of nitrogens with zero attached hydrogens (tertiary/aromatic N) is 1. The van der Waals surface area contributed by atoms with Gasteiger partial charge in [-0.3, -0.25) is 4.79 Å². The summed E-state index contributed by atoms with van der Waals surface area (Å²) in [5.41, 5.74) is 0.482. The van der Waals surface area contributed by atoms with Gasteiger partial charge in [0.15, 0.2) is 5.43 Å². The lowest BCUT2D eigenvalue weighted by atomic mass is 9.99. The Bertz CT molecular complexity index is 992. The number of hydrogen-bond acceptors (Lipinski definition) is 1. The summed E-state index contributed by atoms with van der Waals surface area (Å²) in [5.74, 6) is 0. The van der Waals surface area contributed by atoms with Gasteiger partial charge in [0.2, 0.25) is 0 Å². The molecule has 3 rings (SSSR count). The Morgan fingerprint density at radius 3 is 2.28 bits per heavy atom. The Labute approximate surface area is 150 Å². The maximum absolute atomic E-state index is 13.0. The van der Waals surface area contributed by atoms with Crippen molar-refractivity contribution < 1.29 is 13.2 Å². The van der Waals surface area contributed by atoms with Gasteiger partial charge in [0, 0.05) is 40.6 Å². The Morgan fingerprint density at radius 1 is 0.920 bits per heavy atom. The minimum atomic E-state index is -4.46. The predicted octanol–water partition coefficient (Wildman–Crippen LogP) is 5.50. The van der Waals surface area contributed by atoms with Gasteiger partial charge in [0.1, 0.15) is 0 Å². The van der Waals surface area contributed by atoms with Crippen LogP contribution < -0.4 is 5.43 Å². The summed E-state index contributed by atoms with van der Waals surface area (Å²) in [4.78, 5) is 12.9. The first-order valence-electron chi connectivity index (χ1n) is 7.40. The lowest BCUT2D eigenvalue weighted by Crippen LogP contribution is -2.12. The van der Waals surface area contributed by atoms with Crippen LogP contribution in [0.5, 0.6) is 0 Å². The summed E-state index contributed by atoms with van der Waals surface area (Å²) >= 11 is 3.41. The Morgan fingerprint density at radius 2 is 1.60 bits per heavy atom. The van der Waals surface area contributed by atoms with Gasteiger partial charge < -0.3 is 4.57 Å². The molecule has 6 heteroatoms. The molecule has 0 aliphatic heterocycles. The number of halogens is 4. The maximum Gasteiger partial charge on any atom is 0.416 e. The number of benzene rings is 2. The van der Waals surface area contributed by atoms with E-state index in [0.29, 0.717) is 11.1 Å². The van der Waals surface area contributed by atoms with Gasteiger partial charge in [-0.1, -0.05) is 46.3 Å². The topological polar surface area (TPSA) is 22.0 Å². The first-order chi connectivity index (χ1) is 11.8. The van der Waals surface area contributed by atoms with Gasteiger partial charge in [-0.2, -0.15) is 13.2 Å². The second-order valence-corrected chi connectivity index (χ2v) is 6.49. The fourth-order valence-electron chi connectivity index (χ4n) is 2.65. The highest BCUT2D eigenvalue weighted by atomic mass is 79.9. The van der Waals surface area contributed by atoms with Gasteiger partial charge >= 0.3 is 6.18 Å². The third kappa shape index (κ3) is 3.54. The molecule has 0 atom stereocenters.